The SMILES string of the molecule is CCNc1nc(C(C)C)nc(OCCOC(C)C)c1C. The number of ether oxygens (including phenoxy) is 2. The summed E-state index contributed by atoms with van der Waals surface area (Å²) in [5.74, 6) is 2.56. The van der Waals surface area contributed by atoms with Crippen LogP contribution in [0.1, 0.15) is 51.9 Å². The van der Waals surface area contributed by atoms with E-state index in [1.807, 2.05) is 27.7 Å². The molecule has 1 N–H and O–H groups in total. The molecule has 0 bridgehead atoms. The highest BCUT2D eigenvalue weighted by Crippen LogP contribution is 2.24. The zero-order valence-corrected chi connectivity index (χ0v) is 13.5. The molecular weight excluding hydrogens is 254 g/mol. The molecule has 0 saturated carbocycles. The lowest BCUT2D eigenvalue weighted by atomic mass is 10.2. The zero-order valence-electron chi connectivity index (χ0n) is 13.5. The number of aromatic nitrogens is 2. The van der Waals surface area contributed by atoms with Crippen molar-refractivity contribution in [1.29, 1.82) is 0 Å². The van der Waals surface area contributed by atoms with Crippen molar-refractivity contribution < 1.29 is 9.47 Å². The summed E-state index contributed by atoms with van der Waals surface area (Å²) in [7, 11) is 0. The smallest absolute Gasteiger partial charge is 0.221 e. The van der Waals surface area contributed by atoms with E-state index in [0.717, 1.165) is 23.8 Å². The molecular formula is C15H27N3O2. The molecule has 0 saturated heterocycles. The quantitative estimate of drug-likeness (QED) is 0.742. The van der Waals surface area contributed by atoms with Crippen molar-refractivity contribution in [1.82, 2.24) is 9.97 Å². The van der Waals surface area contributed by atoms with Crippen LogP contribution in [0.25, 0.3) is 0 Å². The normalized spacial score (nSPS) is 11.2. The van der Waals surface area contributed by atoms with Gasteiger partial charge in [-0.1, -0.05) is 13.8 Å². The van der Waals surface area contributed by atoms with E-state index in [1.54, 1.807) is 0 Å². The summed E-state index contributed by atoms with van der Waals surface area (Å²) in [4.78, 5) is 9.05. The number of nitrogens with one attached hydrogen (secondary N) is 1. The standard InChI is InChI=1S/C15H27N3O2/c1-7-16-14-12(6)15(18-13(17-14)10(2)3)20-9-8-19-11(4)5/h10-11H,7-9H2,1-6H3,(H,16,17,18). The highest BCUT2D eigenvalue weighted by Gasteiger charge is 2.13. The third kappa shape index (κ3) is 4.96. The van der Waals surface area contributed by atoms with Crippen molar-refractivity contribution in [3.8, 4) is 5.88 Å². The van der Waals surface area contributed by atoms with E-state index in [1.165, 1.54) is 0 Å². The van der Waals surface area contributed by atoms with E-state index in [2.05, 4.69) is 29.1 Å². The molecule has 0 unspecified atom stereocenters. The first-order valence-electron chi connectivity index (χ1n) is 7.32. The van der Waals surface area contributed by atoms with Crippen LogP contribution in [0.4, 0.5) is 5.82 Å². The largest absolute Gasteiger partial charge is 0.475 e. The van der Waals surface area contributed by atoms with Gasteiger partial charge in [0.25, 0.3) is 0 Å². The van der Waals surface area contributed by atoms with E-state index in [0.29, 0.717) is 19.1 Å². The van der Waals surface area contributed by atoms with Crippen molar-refractivity contribution in [2.24, 2.45) is 0 Å². The first-order chi connectivity index (χ1) is 9.45. The van der Waals surface area contributed by atoms with E-state index >= 15 is 0 Å². The summed E-state index contributed by atoms with van der Waals surface area (Å²) >= 11 is 0. The van der Waals surface area contributed by atoms with Crippen LogP contribution < -0.4 is 10.1 Å². The summed E-state index contributed by atoms with van der Waals surface area (Å²) in [6.45, 7) is 14.1. The number of nitrogens with zero attached hydrogens (tertiary/aromatic N) is 2. The summed E-state index contributed by atoms with van der Waals surface area (Å²) in [6, 6.07) is 0. The van der Waals surface area contributed by atoms with Crippen LogP contribution >= 0.6 is 0 Å². The number of rotatable bonds is 8. The van der Waals surface area contributed by atoms with Crippen LogP contribution in [0.2, 0.25) is 0 Å². The molecule has 1 aromatic rings. The molecule has 0 aliphatic carbocycles. The molecule has 0 aliphatic rings. The minimum Gasteiger partial charge on any atom is -0.475 e. The lowest BCUT2D eigenvalue weighted by molar-refractivity contribution is 0.0540. The Hall–Kier alpha value is -1.36. The third-order valence-corrected chi connectivity index (χ3v) is 2.75. The van der Waals surface area contributed by atoms with Gasteiger partial charge >= 0.3 is 0 Å². The molecule has 1 aromatic heterocycles. The van der Waals surface area contributed by atoms with Gasteiger partial charge in [0.15, 0.2) is 0 Å². The van der Waals surface area contributed by atoms with Gasteiger partial charge in [-0.3, -0.25) is 0 Å². The lowest BCUT2D eigenvalue weighted by Crippen LogP contribution is -2.14. The van der Waals surface area contributed by atoms with Crippen LogP contribution in [0, 0.1) is 6.92 Å². The fraction of sp³-hybridized carbons (Fsp3) is 0.733. The number of hydrogen-bond donors (Lipinski definition) is 1. The predicted molar refractivity (Wildman–Crippen MR) is 81.6 cm³/mol. The molecule has 114 valence electrons. The van der Waals surface area contributed by atoms with Crippen LogP contribution in [-0.4, -0.2) is 35.8 Å². The van der Waals surface area contributed by atoms with Gasteiger partial charge in [-0.25, -0.2) is 4.98 Å². The Labute approximate surface area is 122 Å². The van der Waals surface area contributed by atoms with Crippen LogP contribution in [0.3, 0.4) is 0 Å². The van der Waals surface area contributed by atoms with Gasteiger partial charge in [-0.05, 0) is 27.7 Å². The van der Waals surface area contributed by atoms with E-state index in [-0.39, 0.29) is 12.0 Å². The second kappa shape index (κ2) is 8.04. The second-order valence-corrected chi connectivity index (χ2v) is 5.31. The van der Waals surface area contributed by atoms with Crippen molar-refractivity contribution in [3.05, 3.63) is 11.4 Å². The Kier molecular flexibility index (Phi) is 6.71. The van der Waals surface area contributed by atoms with Crippen molar-refractivity contribution >= 4 is 5.82 Å². The Morgan fingerprint density at radius 1 is 1.10 bits per heavy atom. The Bertz CT molecular complexity index is 420. The van der Waals surface area contributed by atoms with Gasteiger partial charge in [-0.15, -0.1) is 0 Å². The average Bonchev–Trinajstić information content (AvgIpc) is 2.38. The van der Waals surface area contributed by atoms with Crippen LogP contribution in [-0.2, 0) is 4.74 Å². The van der Waals surface area contributed by atoms with Crippen LogP contribution in [0.5, 0.6) is 5.88 Å². The first-order valence-corrected chi connectivity index (χ1v) is 7.32. The monoisotopic (exact) mass is 281 g/mol. The molecule has 0 spiro atoms. The summed E-state index contributed by atoms with van der Waals surface area (Å²) in [5.41, 5.74) is 0.945. The van der Waals surface area contributed by atoms with Gasteiger partial charge in [0.1, 0.15) is 18.2 Å². The number of hydrogen-bond acceptors (Lipinski definition) is 5. The summed E-state index contributed by atoms with van der Waals surface area (Å²) < 4.78 is 11.2. The van der Waals surface area contributed by atoms with Crippen molar-refractivity contribution in [2.75, 3.05) is 25.1 Å². The topological polar surface area (TPSA) is 56.3 Å². The van der Waals surface area contributed by atoms with E-state index < -0.39 is 0 Å². The second-order valence-electron chi connectivity index (χ2n) is 5.31. The fourth-order valence-corrected chi connectivity index (χ4v) is 1.67. The van der Waals surface area contributed by atoms with Gasteiger partial charge in [0, 0.05) is 12.5 Å². The van der Waals surface area contributed by atoms with E-state index in [9.17, 15) is 0 Å². The maximum absolute atomic E-state index is 5.75. The highest BCUT2D eigenvalue weighted by atomic mass is 16.5. The molecule has 1 heterocycles. The zero-order chi connectivity index (χ0) is 15.1. The predicted octanol–water partition coefficient (Wildman–Crippen LogP) is 3.14. The van der Waals surface area contributed by atoms with Crippen LogP contribution in [0.15, 0.2) is 0 Å². The Morgan fingerprint density at radius 3 is 2.35 bits per heavy atom. The Balaban J connectivity index is 2.81. The van der Waals surface area contributed by atoms with Crippen molar-refractivity contribution in [3.63, 3.8) is 0 Å². The summed E-state index contributed by atoms with van der Waals surface area (Å²) in [6.07, 6.45) is 0.216. The van der Waals surface area contributed by atoms with Gasteiger partial charge in [0.2, 0.25) is 5.88 Å². The molecule has 0 aromatic carbocycles. The maximum atomic E-state index is 5.75. The van der Waals surface area contributed by atoms with E-state index in [4.69, 9.17) is 9.47 Å². The lowest BCUT2D eigenvalue weighted by Gasteiger charge is -2.15. The third-order valence-electron chi connectivity index (χ3n) is 2.75. The fourth-order valence-electron chi connectivity index (χ4n) is 1.67. The Morgan fingerprint density at radius 2 is 1.80 bits per heavy atom. The molecule has 0 radical (unpaired) electrons. The van der Waals surface area contributed by atoms with Gasteiger partial charge in [-0.2, -0.15) is 4.98 Å². The minimum absolute atomic E-state index is 0.216. The average molecular weight is 281 g/mol. The molecule has 0 aliphatic heterocycles. The molecule has 0 atom stereocenters. The van der Waals surface area contributed by atoms with Gasteiger partial charge < -0.3 is 14.8 Å². The number of anilines is 1. The highest BCUT2D eigenvalue weighted by molar-refractivity contribution is 5.48. The molecule has 20 heavy (non-hydrogen) atoms. The first kappa shape index (κ1) is 16.7. The molecule has 5 heteroatoms. The van der Waals surface area contributed by atoms with Crippen molar-refractivity contribution in [2.45, 2.75) is 53.6 Å². The molecule has 0 amide bonds. The molecule has 0 fully saturated rings. The molecule has 1 rings (SSSR count). The molecule has 5 nitrogen and oxygen atoms in total. The minimum atomic E-state index is 0.216. The maximum Gasteiger partial charge on any atom is 0.221 e. The van der Waals surface area contributed by atoms with Gasteiger partial charge in [0.05, 0.1) is 18.3 Å². The summed E-state index contributed by atoms with van der Waals surface area (Å²) in [5, 5.41) is 3.26.